The first-order chi connectivity index (χ1) is 15.6. The van der Waals surface area contributed by atoms with Crippen LogP contribution in [0.5, 0.6) is 0 Å². The normalized spacial score (nSPS) is 40.2. The van der Waals surface area contributed by atoms with Crippen LogP contribution in [0.4, 0.5) is 5.69 Å². The molecule has 0 spiro atoms. The van der Waals surface area contributed by atoms with Crippen LogP contribution < -0.4 is 4.90 Å². The Morgan fingerprint density at radius 3 is 2.41 bits per heavy atom. The monoisotopic (exact) mass is 438 g/mol. The molecule has 1 aliphatic heterocycles. The number of aryl methyl sites for hydroxylation is 1. The van der Waals surface area contributed by atoms with Crippen molar-refractivity contribution in [1.29, 1.82) is 0 Å². The van der Waals surface area contributed by atoms with E-state index in [9.17, 15) is 0 Å². The molecule has 3 heteroatoms. The third-order valence-electron chi connectivity index (χ3n) is 9.99. The lowest BCUT2D eigenvalue weighted by Gasteiger charge is -2.45. The van der Waals surface area contributed by atoms with Crippen LogP contribution in [0, 0.1) is 48.3 Å². The fourth-order valence-corrected chi connectivity index (χ4v) is 8.76. The SMILES string of the molecule is COC1C(C)CC(C)C2C3CCCCC3C(CCN3CCN(c4cccc(C)c4)CC3)C12. The number of anilines is 1. The highest BCUT2D eigenvalue weighted by Crippen LogP contribution is 2.61. The molecule has 178 valence electrons. The molecule has 0 bridgehead atoms. The van der Waals surface area contributed by atoms with Gasteiger partial charge < -0.3 is 9.64 Å². The molecule has 0 amide bonds. The van der Waals surface area contributed by atoms with E-state index in [1.807, 2.05) is 7.11 Å². The van der Waals surface area contributed by atoms with Crippen molar-refractivity contribution in [3.05, 3.63) is 29.8 Å². The van der Waals surface area contributed by atoms with Crippen molar-refractivity contribution in [2.24, 2.45) is 41.4 Å². The van der Waals surface area contributed by atoms with E-state index in [4.69, 9.17) is 4.74 Å². The Labute approximate surface area is 196 Å². The van der Waals surface area contributed by atoms with E-state index in [1.54, 1.807) is 0 Å². The zero-order valence-electron chi connectivity index (χ0n) is 21.0. The molecule has 3 saturated carbocycles. The minimum Gasteiger partial charge on any atom is -0.381 e. The third-order valence-corrected chi connectivity index (χ3v) is 9.99. The average Bonchev–Trinajstić information content (AvgIpc) is 3.13. The van der Waals surface area contributed by atoms with Crippen LogP contribution in [-0.4, -0.2) is 50.8 Å². The summed E-state index contributed by atoms with van der Waals surface area (Å²) in [5, 5.41) is 0. The highest BCUT2D eigenvalue weighted by atomic mass is 16.5. The van der Waals surface area contributed by atoms with Crippen LogP contribution in [0.15, 0.2) is 24.3 Å². The zero-order chi connectivity index (χ0) is 22.2. The van der Waals surface area contributed by atoms with Crippen LogP contribution in [0.25, 0.3) is 0 Å². The molecule has 1 aromatic carbocycles. The van der Waals surface area contributed by atoms with Gasteiger partial charge in [0.1, 0.15) is 0 Å². The summed E-state index contributed by atoms with van der Waals surface area (Å²) in [4.78, 5) is 5.34. The van der Waals surface area contributed by atoms with Crippen molar-refractivity contribution >= 4 is 5.69 Å². The molecule has 1 heterocycles. The van der Waals surface area contributed by atoms with Crippen molar-refractivity contribution in [2.75, 3.05) is 44.7 Å². The van der Waals surface area contributed by atoms with Crippen molar-refractivity contribution in [1.82, 2.24) is 4.90 Å². The topological polar surface area (TPSA) is 15.7 Å². The van der Waals surface area contributed by atoms with Crippen molar-refractivity contribution in [3.63, 3.8) is 0 Å². The number of ether oxygens (including phenoxy) is 1. The van der Waals surface area contributed by atoms with E-state index in [-0.39, 0.29) is 0 Å². The van der Waals surface area contributed by atoms with E-state index in [1.165, 1.54) is 82.5 Å². The zero-order valence-corrected chi connectivity index (χ0v) is 21.0. The van der Waals surface area contributed by atoms with Gasteiger partial charge in [0, 0.05) is 39.0 Å². The van der Waals surface area contributed by atoms with Gasteiger partial charge in [-0.15, -0.1) is 0 Å². The maximum absolute atomic E-state index is 6.25. The van der Waals surface area contributed by atoms with Gasteiger partial charge in [0.15, 0.2) is 0 Å². The van der Waals surface area contributed by atoms with Gasteiger partial charge in [0.05, 0.1) is 6.10 Å². The van der Waals surface area contributed by atoms with Gasteiger partial charge in [-0.1, -0.05) is 38.8 Å². The number of benzene rings is 1. The molecule has 3 nitrogen and oxygen atoms in total. The molecule has 5 rings (SSSR count). The lowest BCUT2D eigenvalue weighted by atomic mass is 9.64. The number of nitrogens with zero attached hydrogens (tertiary/aromatic N) is 2. The molecule has 0 N–H and O–H groups in total. The molecule has 3 aliphatic carbocycles. The summed E-state index contributed by atoms with van der Waals surface area (Å²) >= 11 is 0. The van der Waals surface area contributed by atoms with E-state index < -0.39 is 0 Å². The van der Waals surface area contributed by atoms with Crippen LogP contribution in [0.1, 0.15) is 57.9 Å². The lowest BCUT2D eigenvalue weighted by Crippen LogP contribution is -2.48. The van der Waals surface area contributed by atoms with E-state index in [0.29, 0.717) is 6.10 Å². The van der Waals surface area contributed by atoms with Crippen LogP contribution in [0.2, 0.25) is 0 Å². The maximum Gasteiger partial charge on any atom is 0.0630 e. The molecular weight excluding hydrogens is 392 g/mol. The summed E-state index contributed by atoms with van der Waals surface area (Å²) < 4.78 is 6.25. The first-order valence-corrected chi connectivity index (χ1v) is 13.6. The van der Waals surface area contributed by atoms with Crippen LogP contribution >= 0.6 is 0 Å². The molecular formula is C29H46N2O. The largest absolute Gasteiger partial charge is 0.381 e. The van der Waals surface area contributed by atoms with E-state index in [0.717, 1.165) is 41.4 Å². The van der Waals surface area contributed by atoms with Gasteiger partial charge >= 0.3 is 0 Å². The summed E-state index contributed by atoms with van der Waals surface area (Å²) in [7, 11) is 2.00. The number of fused-ring (bicyclic) bond motifs is 3. The fraction of sp³-hybridized carbons (Fsp3) is 0.793. The molecule has 4 fully saturated rings. The molecule has 4 aliphatic rings. The number of methoxy groups -OCH3 is 1. The van der Waals surface area contributed by atoms with Gasteiger partial charge in [-0.2, -0.15) is 0 Å². The highest BCUT2D eigenvalue weighted by molar-refractivity contribution is 5.48. The first-order valence-electron chi connectivity index (χ1n) is 13.6. The standard InChI is InChI=1S/C29H46N2O/c1-20-8-7-9-23(18-20)31-16-14-30(15-17-31)13-12-26-24-10-5-6-11-25(24)27-21(2)19-22(3)29(32-4)28(26)27/h7-9,18,21-22,24-29H,5-6,10-17,19H2,1-4H3. The Morgan fingerprint density at radius 1 is 0.938 bits per heavy atom. The van der Waals surface area contributed by atoms with Gasteiger partial charge in [-0.05, 0) is 98.3 Å². The summed E-state index contributed by atoms with van der Waals surface area (Å²) in [6.45, 7) is 13.3. The van der Waals surface area contributed by atoms with Gasteiger partial charge in [0.25, 0.3) is 0 Å². The molecule has 0 aromatic heterocycles. The Balaban J connectivity index is 1.24. The maximum atomic E-state index is 6.25. The third kappa shape index (κ3) is 4.25. The van der Waals surface area contributed by atoms with Crippen LogP contribution in [0.3, 0.4) is 0 Å². The minimum atomic E-state index is 0.491. The van der Waals surface area contributed by atoms with Crippen molar-refractivity contribution in [3.8, 4) is 0 Å². The average molecular weight is 439 g/mol. The molecule has 1 aromatic rings. The van der Waals surface area contributed by atoms with Gasteiger partial charge in [0.2, 0.25) is 0 Å². The molecule has 8 atom stereocenters. The second-order valence-corrected chi connectivity index (χ2v) is 11.8. The van der Waals surface area contributed by atoms with Gasteiger partial charge in [-0.3, -0.25) is 4.90 Å². The summed E-state index contributed by atoms with van der Waals surface area (Å²) in [6, 6.07) is 9.02. The van der Waals surface area contributed by atoms with Crippen molar-refractivity contribution < 1.29 is 4.74 Å². The number of hydrogen-bond acceptors (Lipinski definition) is 3. The predicted molar refractivity (Wildman–Crippen MR) is 134 cm³/mol. The van der Waals surface area contributed by atoms with E-state index in [2.05, 4.69) is 54.8 Å². The lowest BCUT2D eigenvalue weighted by molar-refractivity contribution is -0.0707. The Morgan fingerprint density at radius 2 is 1.69 bits per heavy atom. The second-order valence-electron chi connectivity index (χ2n) is 11.8. The van der Waals surface area contributed by atoms with Crippen LogP contribution in [-0.2, 0) is 4.74 Å². The summed E-state index contributed by atoms with van der Waals surface area (Å²) in [5.74, 6) is 6.17. The molecule has 32 heavy (non-hydrogen) atoms. The second kappa shape index (κ2) is 9.66. The van der Waals surface area contributed by atoms with E-state index >= 15 is 0 Å². The molecule has 1 saturated heterocycles. The molecule has 8 unspecified atom stereocenters. The highest BCUT2D eigenvalue weighted by Gasteiger charge is 2.57. The molecule has 0 radical (unpaired) electrons. The Kier molecular flexibility index (Phi) is 6.86. The quantitative estimate of drug-likeness (QED) is 0.572. The minimum absolute atomic E-state index is 0.491. The summed E-state index contributed by atoms with van der Waals surface area (Å²) in [6.07, 6.45) is 9.17. The number of hydrogen-bond donors (Lipinski definition) is 0. The van der Waals surface area contributed by atoms with Crippen molar-refractivity contribution in [2.45, 2.75) is 65.4 Å². The summed E-state index contributed by atoms with van der Waals surface area (Å²) in [5.41, 5.74) is 2.77. The number of rotatable bonds is 5. The first kappa shape index (κ1) is 22.7. The fourth-order valence-electron chi connectivity index (χ4n) is 8.76. The Hall–Kier alpha value is -1.06. The Bertz CT molecular complexity index is 757. The number of piperazine rings is 1. The van der Waals surface area contributed by atoms with Gasteiger partial charge in [-0.25, -0.2) is 0 Å². The smallest absolute Gasteiger partial charge is 0.0630 e. The predicted octanol–water partition coefficient (Wildman–Crippen LogP) is 5.87.